The molecule has 7 heteroatoms. The van der Waals surface area contributed by atoms with Crippen molar-refractivity contribution in [2.24, 2.45) is 5.92 Å². The van der Waals surface area contributed by atoms with E-state index in [1.54, 1.807) is 16.8 Å². The number of carbonyl (C=O) groups is 2. The number of aromatic nitrogens is 3. The quantitative estimate of drug-likeness (QED) is 0.799. The van der Waals surface area contributed by atoms with Gasteiger partial charge in [0.25, 0.3) is 5.91 Å². The molecule has 1 saturated carbocycles. The highest BCUT2D eigenvalue weighted by atomic mass is 16.2. The SMILES string of the molecule is CCC(NC(=O)c1ccc(C)c(NC(=O)C2CC2)c1)c1ncnn1CC. The van der Waals surface area contributed by atoms with Gasteiger partial charge in [-0.3, -0.25) is 9.59 Å². The molecule has 0 radical (unpaired) electrons. The van der Waals surface area contributed by atoms with Crippen LogP contribution in [0.1, 0.15) is 60.9 Å². The van der Waals surface area contributed by atoms with Gasteiger partial charge in [0.15, 0.2) is 0 Å². The Kier molecular flexibility index (Phi) is 5.35. The fourth-order valence-corrected chi connectivity index (χ4v) is 2.86. The molecule has 3 rings (SSSR count). The second-order valence-electron chi connectivity index (χ2n) is 6.66. The molecule has 2 N–H and O–H groups in total. The summed E-state index contributed by atoms with van der Waals surface area (Å²) >= 11 is 0. The van der Waals surface area contributed by atoms with Gasteiger partial charge in [-0.05, 0) is 50.8 Å². The number of anilines is 1. The van der Waals surface area contributed by atoms with E-state index in [9.17, 15) is 9.59 Å². The first-order chi connectivity index (χ1) is 12.5. The van der Waals surface area contributed by atoms with Crippen LogP contribution in [0.4, 0.5) is 5.69 Å². The van der Waals surface area contributed by atoms with Gasteiger partial charge in [-0.2, -0.15) is 5.10 Å². The number of amides is 2. The number of carbonyl (C=O) groups excluding carboxylic acids is 2. The molecule has 2 aromatic rings. The van der Waals surface area contributed by atoms with Gasteiger partial charge < -0.3 is 10.6 Å². The Morgan fingerprint density at radius 1 is 1.31 bits per heavy atom. The van der Waals surface area contributed by atoms with E-state index in [-0.39, 0.29) is 23.8 Å². The Morgan fingerprint density at radius 3 is 2.73 bits per heavy atom. The Balaban J connectivity index is 1.75. The lowest BCUT2D eigenvalue weighted by Gasteiger charge is -2.17. The van der Waals surface area contributed by atoms with Crippen LogP contribution in [0.25, 0.3) is 0 Å². The minimum absolute atomic E-state index is 0.0353. The molecule has 7 nitrogen and oxygen atoms in total. The summed E-state index contributed by atoms with van der Waals surface area (Å²) in [5.74, 6) is 0.715. The van der Waals surface area contributed by atoms with Crippen LogP contribution >= 0.6 is 0 Å². The Labute approximate surface area is 153 Å². The van der Waals surface area contributed by atoms with Crippen LogP contribution in [0.5, 0.6) is 0 Å². The van der Waals surface area contributed by atoms with Crippen molar-refractivity contribution in [1.29, 1.82) is 0 Å². The summed E-state index contributed by atoms with van der Waals surface area (Å²) in [6.07, 6.45) is 4.11. The van der Waals surface area contributed by atoms with Crippen LogP contribution in [-0.4, -0.2) is 26.6 Å². The first-order valence-electron chi connectivity index (χ1n) is 9.13. The molecule has 0 saturated heterocycles. The number of hydrogen-bond acceptors (Lipinski definition) is 4. The largest absolute Gasteiger partial charge is 0.342 e. The van der Waals surface area contributed by atoms with Gasteiger partial charge in [0.2, 0.25) is 5.91 Å². The van der Waals surface area contributed by atoms with Gasteiger partial charge >= 0.3 is 0 Å². The highest BCUT2D eigenvalue weighted by Crippen LogP contribution is 2.31. The number of hydrogen-bond donors (Lipinski definition) is 2. The molecule has 1 heterocycles. The fourth-order valence-electron chi connectivity index (χ4n) is 2.86. The van der Waals surface area contributed by atoms with E-state index in [0.29, 0.717) is 24.2 Å². The van der Waals surface area contributed by atoms with Crippen molar-refractivity contribution in [1.82, 2.24) is 20.1 Å². The minimum Gasteiger partial charge on any atom is -0.342 e. The zero-order valence-electron chi connectivity index (χ0n) is 15.5. The molecule has 138 valence electrons. The summed E-state index contributed by atoms with van der Waals surface area (Å²) in [7, 11) is 0. The van der Waals surface area contributed by atoms with Crippen molar-refractivity contribution in [3.8, 4) is 0 Å². The number of nitrogens with one attached hydrogen (secondary N) is 2. The Hall–Kier alpha value is -2.70. The second kappa shape index (κ2) is 7.68. The van der Waals surface area contributed by atoms with E-state index in [1.165, 1.54) is 6.33 Å². The maximum Gasteiger partial charge on any atom is 0.251 e. The molecule has 0 bridgehead atoms. The minimum atomic E-state index is -0.212. The number of aryl methyl sites for hydroxylation is 2. The fraction of sp³-hybridized carbons (Fsp3) is 0.474. The molecule has 0 spiro atoms. The first kappa shape index (κ1) is 18.1. The van der Waals surface area contributed by atoms with Crippen molar-refractivity contribution < 1.29 is 9.59 Å². The second-order valence-corrected chi connectivity index (χ2v) is 6.66. The summed E-state index contributed by atoms with van der Waals surface area (Å²) in [6, 6.07) is 5.15. The normalized spacial score (nSPS) is 14.7. The zero-order valence-corrected chi connectivity index (χ0v) is 15.5. The predicted octanol–water partition coefficient (Wildman–Crippen LogP) is 2.84. The third-order valence-corrected chi connectivity index (χ3v) is 4.68. The van der Waals surface area contributed by atoms with Crippen molar-refractivity contribution in [2.45, 2.75) is 52.6 Å². The predicted molar refractivity (Wildman–Crippen MR) is 98.7 cm³/mol. The van der Waals surface area contributed by atoms with Crippen LogP contribution in [0.2, 0.25) is 0 Å². The van der Waals surface area contributed by atoms with E-state index in [4.69, 9.17) is 0 Å². The molecular weight excluding hydrogens is 330 g/mol. The average molecular weight is 355 g/mol. The van der Waals surface area contributed by atoms with Crippen LogP contribution in [0.3, 0.4) is 0 Å². The van der Waals surface area contributed by atoms with Crippen molar-refractivity contribution in [3.63, 3.8) is 0 Å². The lowest BCUT2D eigenvalue weighted by Crippen LogP contribution is -2.30. The Morgan fingerprint density at radius 2 is 2.08 bits per heavy atom. The third-order valence-electron chi connectivity index (χ3n) is 4.68. The summed E-state index contributed by atoms with van der Waals surface area (Å²) in [5.41, 5.74) is 2.15. The molecule has 1 unspecified atom stereocenters. The number of rotatable bonds is 7. The highest BCUT2D eigenvalue weighted by Gasteiger charge is 2.30. The maximum atomic E-state index is 12.7. The summed E-state index contributed by atoms with van der Waals surface area (Å²) in [4.78, 5) is 29.0. The van der Waals surface area contributed by atoms with E-state index < -0.39 is 0 Å². The monoisotopic (exact) mass is 355 g/mol. The summed E-state index contributed by atoms with van der Waals surface area (Å²) in [5, 5.41) is 10.1. The number of nitrogens with zero attached hydrogens (tertiary/aromatic N) is 3. The standard InChI is InChI=1S/C19H25N5O2/c1-4-15(17-20-11-21-24(17)5-2)22-19(26)14-7-6-12(3)16(10-14)23-18(25)13-8-9-13/h6-7,10-11,13,15H,4-5,8-9H2,1-3H3,(H,22,26)(H,23,25). The molecule has 1 atom stereocenters. The topological polar surface area (TPSA) is 88.9 Å². The maximum absolute atomic E-state index is 12.7. The molecule has 1 aromatic carbocycles. The third kappa shape index (κ3) is 3.92. The van der Waals surface area contributed by atoms with Gasteiger partial charge in [0, 0.05) is 23.7 Å². The van der Waals surface area contributed by atoms with Crippen LogP contribution in [-0.2, 0) is 11.3 Å². The van der Waals surface area contributed by atoms with E-state index in [0.717, 1.165) is 24.2 Å². The van der Waals surface area contributed by atoms with E-state index >= 15 is 0 Å². The zero-order chi connectivity index (χ0) is 18.7. The van der Waals surface area contributed by atoms with Crippen LogP contribution in [0, 0.1) is 12.8 Å². The summed E-state index contributed by atoms with van der Waals surface area (Å²) in [6.45, 7) is 6.60. The van der Waals surface area contributed by atoms with Gasteiger partial charge in [0.05, 0.1) is 6.04 Å². The van der Waals surface area contributed by atoms with E-state index in [2.05, 4.69) is 20.7 Å². The van der Waals surface area contributed by atoms with E-state index in [1.807, 2.05) is 26.8 Å². The lowest BCUT2D eigenvalue weighted by atomic mass is 10.1. The molecule has 1 fully saturated rings. The van der Waals surface area contributed by atoms with Gasteiger partial charge in [-0.25, -0.2) is 9.67 Å². The molecule has 1 aliphatic rings. The number of benzene rings is 1. The molecular formula is C19H25N5O2. The van der Waals surface area contributed by atoms with Gasteiger partial charge in [0.1, 0.15) is 12.2 Å². The first-order valence-corrected chi connectivity index (χ1v) is 9.13. The van der Waals surface area contributed by atoms with Crippen molar-refractivity contribution >= 4 is 17.5 Å². The van der Waals surface area contributed by atoms with Gasteiger partial charge in [-0.15, -0.1) is 0 Å². The highest BCUT2D eigenvalue weighted by molar-refractivity contribution is 5.99. The van der Waals surface area contributed by atoms with Crippen molar-refractivity contribution in [2.75, 3.05) is 5.32 Å². The van der Waals surface area contributed by atoms with Crippen molar-refractivity contribution in [3.05, 3.63) is 41.5 Å². The van der Waals surface area contributed by atoms with Gasteiger partial charge in [-0.1, -0.05) is 13.0 Å². The molecule has 1 aliphatic carbocycles. The molecule has 26 heavy (non-hydrogen) atoms. The smallest absolute Gasteiger partial charge is 0.251 e. The molecule has 2 amide bonds. The van der Waals surface area contributed by atoms with Crippen LogP contribution in [0.15, 0.2) is 24.5 Å². The lowest BCUT2D eigenvalue weighted by molar-refractivity contribution is -0.117. The average Bonchev–Trinajstić information content (AvgIpc) is 3.39. The summed E-state index contributed by atoms with van der Waals surface area (Å²) < 4.78 is 1.78. The molecule has 1 aromatic heterocycles. The van der Waals surface area contributed by atoms with Crippen LogP contribution < -0.4 is 10.6 Å². The molecule has 0 aliphatic heterocycles. The Bertz CT molecular complexity index is 810.